The molecule has 168 valence electrons. The third-order valence-corrected chi connectivity index (χ3v) is 8.34. The van der Waals surface area contributed by atoms with E-state index in [1.165, 1.54) is 11.6 Å². The molecule has 4 aromatic rings. The molecule has 0 bridgehead atoms. The van der Waals surface area contributed by atoms with Crippen LogP contribution in [-0.4, -0.2) is 23.2 Å². The van der Waals surface area contributed by atoms with E-state index in [1.54, 1.807) is 6.20 Å². The summed E-state index contributed by atoms with van der Waals surface area (Å²) < 4.78 is 26.9. The minimum absolute atomic E-state index is 0.128. The van der Waals surface area contributed by atoms with E-state index in [2.05, 4.69) is 18.7 Å². The van der Waals surface area contributed by atoms with E-state index in [4.69, 9.17) is 19.4 Å². The van der Waals surface area contributed by atoms with Crippen LogP contribution in [0.25, 0.3) is 20.9 Å². The van der Waals surface area contributed by atoms with Crippen molar-refractivity contribution in [2.24, 2.45) is 0 Å². The summed E-state index contributed by atoms with van der Waals surface area (Å²) in [5.74, 6) is -0.315. The van der Waals surface area contributed by atoms with Crippen LogP contribution in [0.15, 0.2) is 79.5 Å². The van der Waals surface area contributed by atoms with Crippen LogP contribution in [0.4, 0.5) is 4.39 Å². The number of allylic oxidation sites excluding steroid dienone is 1. The Hall–Kier alpha value is -2.93. The normalized spacial score (nSPS) is 16.1. The van der Waals surface area contributed by atoms with Crippen molar-refractivity contribution >= 4 is 20.8 Å². The summed E-state index contributed by atoms with van der Waals surface area (Å²) in [7, 11) is -0.514. The molecule has 1 saturated heterocycles. The summed E-state index contributed by atoms with van der Waals surface area (Å²) >= 11 is 0. The maximum Gasteiger partial charge on any atom is 0.295 e. The summed E-state index contributed by atoms with van der Waals surface area (Å²) in [6, 6.07) is 19.4. The number of ether oxygens (including phenoxy) is 2. The van der Waals surface area contributed by atoms with E-state index in [0.717, 1.165) is 34.6 Å². The lowest BCUT2D eigenvalue weighted by Crippen LogP contribution is -2.17. The predicted molar refractivity (Wildman–Crippen MR) is 131 cm³/mol. The molecule has 5 rings (SSSR count). The van der Waals surface area contributed by atoms with Crippen LogP contribution in [-0.2, 0) is 9.47 Å². The molecular formula is C27H26FN2O2S+. The zero-order valence-corrected chi connectivity index (χ0v) is 19.1. The van der Waals surface area contributed by atoms with Gasteiger partial charge < -0.3 is 9.47 Å². The second kappa shape index (κ2) is 9.91. The van der Waals surface area contributed by atoms with Crippen LogP contribution < -0.4 is 0 Å². The maximum atomic E-state index is 15.5. The quantitative estimate of drug-likeness (QED) is 0.216. The first-order valence-electron chi connectivity index (χ1n) is 11.2. The highest BCUT2D eigenvalue weighted by Gasteiger charge is 2.35. The van der Waals surface area contributed by atoms with Crippen molar-refractivity contribution in [1.29, 1.82) is 0 Å². The van der Waals surface area contributed by atoms with Crippen LogP contribution in [0.3, 0.4) is 0 Å². The predicted octanol–water partition coefficient (Wildman–Crippen LogP) is 7.18. The molecule has 0 spiro atoms. The Balaban J connectivity index is 1.64. The number of aromatic nitrogens is 2. The Morgan fingerprint density at radius 1 is 1.09 bits per heavy atom. The molecule has 3 heterocycles. The van der Waals surface area contributed by atoms with Crippen LogP contribution in [0, 0.1) is 5.82 Å². The van der Waals surface area contributed by atoms with Gasteiger partial charge in [0.2, 0.25) is 0 Å². The van der Waals surface area contributed by atoms with Gasteiger partial charge >= 0.3 is 0 Å². The minimum atomic E-state index is -0.519. The number of nitrogens with zero attached hydrogens (tertiary/aromatic N) is 2. The largest absolute Gasteiger partial charge is 0.348 e. The van der Waals surface area contributed by atoms with Crippen molar-refractivity contribution in [2.45, 2.75) is 30.8 Å². The van der Waals surface area contributed by atoms with Gasteiger partial charge in [-0.2, -0.15) is 4.98 Å². The van der Waals surface area contributed by atoms with E-state index in [-0.39, 0.29) is 11.1 Å². The van der Waals surface area contributed by atoms with E-state index >= 15 is 4.39 Å². The molecule has 4 nitrogen and oxygen atoms in total. The highest BCUT2D eigenvalue weighted by molar-refractivity contribution is 7.40. The fourth-order valence-corrected chi connectivity index (χ4v) is 6.86. The smallest absolute Gasteiger partial charge is 0.295 e. The van der Waals surface area contributed by atoms with Crippen molar-refractivity contribution in [3.8, 4) is 10.6 Å². The number of hydrogen-bond acceptors (Lipinski definition) is 4. The fraction of sp³-hybridized carbons (Fsp3) is 0.259. The first-order chi connectivity index (χ1) is 16.3. The zero-order valence-electron chi connectivity index (χ0n) is 18.3. The summed E-state index contributed by atoms with van der Waals surface area (Å²) in [5.41, 5.74) is 3.22. The molecule has 1 aliphatic heterocycles. The molecule has 33 heavy (non-hydrogen) atoms. The standard InChI is InChI=1S/C27H26FN2O2S/c1-2-3-12-24(19-9-5-4-6-10-19)33-25(30-23-11-7-15-29-26(23)33)21-14-13-20(18-22(21)28)27-31-16-8-17-32-27/h2,4-7,9-11,13-15,18,24,27H,1,3,8,12,16-17H2/q+1. The Kier molecular flexibility index (Phi) is 6.58. The van der Waals surface area contributed by atoms with Gasteiger partial charge in [-0.1, -0.05) is 42.5 Å². The Morgan fingerprint density at radius 2 is 1.91 bits per heavy atom. The van der Waals surface area contributed by atoms with Gasteiger partial charge in [0.1, 0.15) is 11.3 Å². The van der Waals surface area contributed by atoms with E-state index in [9.17, 15) is 0 Å². The third-order valence-electron chi connectivity index (χ3n) is 5.80. The lowest BCUT2D eigenvalue weighted by molar-refractivity contribution is -0.183. The van der Waals surface area contributed by atoms with Gasteiger partial charge in [-0.15, -0.1) is 6.58 Å². The number of hydrogen-bond donors (Lipinski definition) is 0. The lowest BCUT2D eigenvalue weighted by atomic mass is 10.1. The van der Waals surface area contributed by atoms with Crippen LogP contribution in [0.5, 0.6) is 0 Å². The topological polar surface area (TPSA) is 44.2 Å². The first-order valence-corrected chi connectivity index (χ1v) is 12.5. The number of fused-ring (bicyclic) bond motifs is 1. The SMILES string of the molecule is C=CCCC(c1ccccc1)[s+]1c(-c2ccc(C3OCCCO3)cc2F)nc2cccnc21. The van der Waals surface area contributed by atoms with Crippen LogP contribution in [0.2, 0.25) is 0 Å². The Bertz CT molecular complexity index is 1250. The van der Waals surface area contributed by atoms with Crippen LogP contribution >= 0.6 is 10.5 Å². The number of benzene rings is 2. The number of thiazole rings is 1. The van der Waals surface area contributed by atoms with Gasteiger partial charge in [-0.05, 0) is 37.1 Å². The Morgan fingerprint density at radius 3 is 2.67 bits per heavy atom. The van der Waals surface area contributed by atoms with Crippen molar-refractivity contribution in [3.05, 3.63) is 96.5 Å². The first kappa shape index (κ1) is 21.9. The lowest BCUT2D eigenvalue weighted by Gasteiger charge is -2.23. The minimum Gasteiger partial charge on any atom is -0.348 e. The monoisotopic (exact) mass is 461 g/mol. The van der Waals surface area contributed by atoms with Gasteiger partial charge in [-0.3, -0.25) is 0 Å². The maximum absolute atomic E-state index is 15.5. The van der Waals surface area contributed by atoms with Crippen molar-refractivity contribution < 1.29 is 13.9 Å². The Labute approximate surface area is 195 Å². The average molecular weight is 462 g/mol. The van der Waals surface area contributed by atoms with Gasteiger partial charge in [0.25, 0.3) is 9.84 Å². The molecule has 0 amide bonds. The molecule has 0 radical (unpaired) electrons. The molecule has 2 aromatic heterocycles. The molecule has 2 aromatic carbocycles. The second-order valence-electron chi connectivity index (χ2n) is 8.01. The van der Waals surface area contributed by atoms with Gasteiger partial charge in [0.05, 0.1) is 18.8 Å². The van der Waals surface area contributed by atoms with E-state index < -0.39 is 16.8 Å². The van der Waals surface area contributed by atoms with E-state index in [0.29, 0.717) is 24.3 Å². The van der Waals surface area contributed by atoms with Gasteiger partial charge in [0.15, 0.2) is 11.5 Å². The van der Waals surface area contributed by atoms with Crippen molar-refractivity contribution in [2.75, 3.05) is 13.2 Å². The number of pyridine rings is 1. The molecule has 2 atom stereocenters. The fourth-order valence-electron chi connectivity index (χ4n) is 4.22. The molecular weight excluding hydrogens is 435 g/mol. The summed E-state index contributed by atoms with van der Waals surface area (Å²) in [5, 5.41) is 0.874. The summed E-state index contributed by atoms with van der Waals surface area (Å²) in [6.45, 7) is 5.15. The highest BCUT2D eigenvalue weighted by Crippen LogP contribution is 2.51. The zero-order chi connectivity index (χ0) is 22.6. The summed E-state index contributed by atoms with van der Waals surface area (Å²) in [6.07, 6.45) is 5.81. The molecule has 2 unspecified atom stereocenters. The number of halogens is 1. The number of rotatable bonds is 7. The van der Waals surface area contributed by atoms with Crippen molar-refractivity contribution in [1.82, 2.24) is 9.97 Å². The van der Waals surface area contributed by atoms with Gasteiger partial charge in [-0.25, -0.2) is 9.37 Å². The third kappa shape index (κ3) is 4.47. The molecule has 1 fully saturated rings. The van der Waals surface area contributed by atoms with Crippen LogP contribution in [0.1, 0.15) is 41.9 Å². The van der Waals surface area contributed by atoms with Crippen molar-refractivity contribution in [3.63, 3.8) is 0 Å². The molecule has 0 N–H and O–H groups in total. The summed E-state index contributed by atoms with van der Waals surface area (Å²) in [4.78, 5) is 10.5. The van der Waals surface area contributed by atoms with Gasteiger partial charge in [0, 0.05) is 34.2 Å². The molecule has 0 saturated carbocycles. The molecule has 6 heteroatoms. The molecule has 0 aliphatic carbocycles. The second-order valence-corrected chi connectivity index (χ2v) is 10.0. The highest BCUT2D eigenvalue weighted by atomic mass is 32.2. The average Bonchev–Trinajstić information content (AvgIpc) is 3.24. The van der Waals surface area contributed by atoms with E-state index in [1.807, 2.05) is 48.5 Å². The molecule has 1 aliphatic rings.